The smallest absolute Gasteiger partial charge is 0.328 e. The summed E-state index contributed by atoms with van der Waals surface area (Å²) in [6.45, 7) is 8.63. The predicted octanol–water partition coefficient (Wildman–Crippen LogP) is 2.47. The largest absolute Gasteiger partial charge is 0.464 e. The Kier molecular flexibility index (Phi) is 4.88. The molecular formula is C14H21ClN4O2. The fourth-order valence-electron chi connectivity index (χ4n) is 2.49. The van der Waals surface area contributed by atoms with Crippen molar-refractivity contribution in [3.8, 4) is 0 Å². The first kappa shape index (κ1) is 15.8. The van der Waals surface area contributed by atoms with Gasteiger partial charge < -0.3 is 4.74 Å². The topological polar surface area (TPSA) is 61.9 Å². The van der Waals surface area contributed by atoms with Crippen molar-refractivity contribution < 1.29 is 9.53 Å². The highest BCUT2D eigenvalue weighted by atomic mass is 35.5. The molecule has 2 rings (SSSR count). The second-order valence-corrected chi connectivity index (χ2v) is 5.22. The fourth-order valence-corrected chi connectivity index (χ4v) is 2.66. The minimum absolute atomic E-state index is 0.269. The number of aromatic nitrogens is 4. The van der Waals surface area contributed by atoms with Crippen molar-refractivity contribution in [1.82, 2.24) is 19.3 Å². The molecule has 0 aliphatic heterocycles. The summed E-state index contributed by atoms with van der Waals surface area (Å²) in [5.74, 6) is 0.977. The monoisotopic (exact) mass is 312 g/mol. The van der Waals surface area contributed by atoms with E-state index in [1.54, 1.807) is 6.92 Å². The van der Waals surface area contributed by atoms with Crippen molar-refractivity contribution in [1.29, 1.82) is 0 Å². The van der Waals surface area contributed by atoms with Crippen LogP contribution in [0.5, 0.6) is 0 Å². The van der Waals surface area contributed by atoms with E-state index in [4.69, 9.17) is 16.3 Å². The molecule has 7 heteroatoms. The van der Waals surface area contributed by atoms with Gasteiger partial charge in [0, 0.05) is 18.8 Å². The number of carbonyl (C=O) groups excluding carboxylic acids is 1. The van der Waals surface area contributed by atoms with Crippen molar-refractivity contribution in [3.05, 3.63) is 11.5 Å². The minimum Gasteiger partial charge on any atom is -0.464 e. The van der Waals surface area contributed by atoms with Gasteiger partial charge in [0.25, 0.3) is 0 Å². The van der Waals surface area contributed by atoms with Crippen LogP contribution in [-0.2, 0) is 22.5 Å². The zero-order valence-electron chi connectivity index (χ0n) is 12.9. The maximum atomic E-state index is 12.1. The number of carbonyl (C=O) groups is 1. The molecule has 6 nitrogen and oxygen atoms in total. The molecule has 1 atom stereocenters. The van der Waals surface area contributed by atoms with E-state index in [2.05, 4.69) is 10.1 Å². The SMILES string of the molecule is CCOC(=O)C(C)n1c(CCCl)nc2c(C)nn(CC)c21. The maximum absolute atomic E-state index is 12.1. The van der Waals surface area contributed by atoms with Crippen molar-refractivity contribution in [2.75, 3.05) is 12.5 Å². The number of halogens is 1. The van der Waals surface area contributed by atoms with Crippen LogP contribution in [0.3, 0.4) is 0 Å². The van der Waals surface area contributed by atoms with Gasteiger partial charge in [0.05, 0.1) is 12.3 Å². The van der Waals surface area contributed by atoms with E-state index in [9.17, 15) is 4.79 Å². The summed E-state index contributed by atoms with van der Waals surface area (Å²) < 4.78 is 8.91. The molecule has 0 aromatic carbocycles. The summed E-state index contributed by atoms with van der Waals surface area (Å²) in [5.41, 5.74) is 2.54. The average Bonchev–Trinajstić information content (AvgIpc) is 2.97. The van der Waals surface area contributed by atoms with Gasteiger partial charge in [0.15, 0.2) is 5.65 Å². The Morgan fingerprint density at radius 1 is 1.43 bits per heavy atom. The van der Waals surface area contributed by atoms with E-state index in [0.29, 0.717) is 25.5 Å². The second-order valence-electron chi connectivity index (χ2n) is 4.84. The molecule has 21 heavy (non-hydrogen) atoms. The lowest BCUT2D eigenvalue weighted by Gasteiger charge is -2.16. The molecule has 0 amide bonds. The molecule has 0 aliphatic carbocycles. The van der Waals surface area contributed by atoms with Crippen molar-refractivity contribution in [3.63, 3.8) is 0 Å². The minimum atomic E-state index is -0.449. The van der Waals surface area contributed by atoms with Gasteiger partial charge in [-0.2, -0.15) is 5.10 Å². The quantitative estimate of drug-likeness (QED) is 0.607. The van der Waals surface area contributed by atoms with Crippen LogP contribution in [0.1, 0.15) is 38.3 Å². The standard InChI is InChI=1S/C14H21ClN4O2/c1-5-18-13-12(9(3)17-18)16-11(7-8-15)19(13)10(4)14(20)21-6-2/h10H,5-8H2,1-4H3. The van der Waals surface area contributed by atoms with Crippen LogP contribution in [0.25, 0.3) is 11.2 Å². The Morgan fingerprint density at radius 2 is 2.14 bits per heavy atom. The first-order chi connectivity index (χ1) is 10.0. The van der Waals surface area contributed by atoms with E-state index in [-0.39, 0.29) is 5.97 Å². The number of hydrogen-bond donors (Lipinski definition) is 0. The van der Waals surface area contributed by atoms with Gasteiger partial charge in [-0.3, -0.25) is 4.57 Å². The number of nitrogens with zero attached hydrogens (tertiary/aromatic N) is 4. The Balaban J connectivity index is 2.61. The molecule has 0 fully saturated rings. The summed E-state index contributed by atoms with van der Waals surface area (Å²) >= 11 is 5.87. The van der Waals surface area contributed by atoms with E-state index >= 15 is 0 Å². The Hall–Kier alpha value is -1.56. The molecular weight excluding hydrogens is 292 g/mol. The number of hydrogen-bond acceptors (Lipinski definition) is 4. The molecule has 0 saturated carbocycles. The van der Waals surface area contributed by atoms with Crippen LogP contribution in [-0.4, -0.2) is 37.8 Å². The molecule has 2 aromatic rings. The zero-order valence-corrected chi connectivity index (χ0v) is 13.6. The number of alkyl halides is 1. The number of esters is 1. The predicted molar refractivity (Wildman–Crippen MR) is 81.7 cm³/mol. The highest BCUT2D eigenvalue weighted by Gasteiger charge is 2.25. The van der Waals surface area contributed by atoms with Gasteiger partial charge >= 0.3 is 5.97 Å². The number of imidazole rings is 1. The number of ether oxygens (including phenoxy) is 1. The lowest BCUT2D eigenvalue weighted by Crippen LogP contribution is -2.22. The summed E-state index contributed by atoms with van der Waals surface area (Å²) in [5, 5.41) is 4.47. The Bertz CT molecular complexity index is 647. The van der Waals surface area contributed by atoms with Gasteiger partial charge in [-0.1, -0.05) is 0 Å². The van der Waals surface area contributed by atoms with Crippen LogP contribution in [0.15, 0.2) is 0 Å². The maximum Gasteiger partial charge on any atom is 0.328 e. The molecule has 0 bridgehead atoms. The zero-order chi connectivity index (χ0) is 15.6. The molecule has 116 valence electrons. The summed E-state index contributed by atoms with van der Waals surface area (Å²) in [6.07, 6.45) is 0.600. The average molecular weight is 313 g/mol. The highest BCUT2D eigenvalue weighted by molar-refractivity contribution is 6.17. The molecule has 0 spiro atoms. The highest BCUT2D eigenvalue weighted by Crippen LogP contribution is 2.25. The van der Waals surface area contributed by atoms with Gasteiger partial charge in [-0.05, 0) is 27.7 Å². The van der Waals surface area contributed by atoms with Crippen LogP contribution >= 0.6 is 11.6 Å². The molecule has 2 aromatic heterocycles. The molecule has 0 N–H and O–H groups in total. The van der Waals surface area contributed by atoms with Crippen molar-refractivity contribution in [2.45, 2.75) is 46.7 Å². The Labute approximate surface area is 129 Å². The summed E-state index contributed by atoms with van der Waals surface area (Å²) in [4.78, 5) is 16.7. The van der Waals surface area contributed by atoms with Gasteiger partial charge in [0.2, 0.25) is 0 Å². The normalized spacial score (nSPS) is 12.8. The van der Waals surface area contributed by atoms with Gasteiger partial charge in [-0.15, -0.1) is 11.6 Å². The van der Waals surface area contributed by atoms with Crippen molar-refractivity contribution in [2.24, 2.45) is 0 Å². The van der Waals surface area contributed by atoms with Crippen LogP contribution in [0.2, 0.25) is 0 Å². The molecule has 2 heterocycles. The fraction of sp³-hybridized carbons (Fsp3) is 0.643. The first-order valence-corrected chi connectivity index (χ1v) is 7.75. The lowest BCUT2D eigenvalue weighted by molar-refractivity contribution is -0.146. The van der Waals surface area contributed by atoms with Gasteiger partial charge in [0.1, 0.15) is 17.4 Å². The summed E-state index contributed by atoms with van der Waals surface area (Å²) in [6, 6.07) is -0.449. The van der Waals surface area contributed by atoms with E-state index in [1.165, 1.54) is 0 Å². The first-order valence-electron chi connectivity index (χ1n) is 7.21. The lowest BCUT2D eigenvalue weighted by atomic mass is 10.3. The molecule has 0 radical (unpaired) electrons. The van der Waals surface area contributed by atoms with Crippen LogP contribution < -0.4 is 0 Å². The van der Waals surface area contributed by atoms with Crippen LogP contribution in [0, 0.1) is 6.92 Å². The van der Waals surface area contributed by atoms with Gasteiger partial charge in [-0.25, -0.2) is 14.5 Å². The number of fused-ring (bicyclic) bond motifs is 1. The number of aryl methyl sites for hydroxylation is 3. The van der Waals surface area contributed by atoms with Crippen molar-refractivity contribution >= 4 is 28.7 Å². The third-order valence-electron chi connectivity index (χ3n) is 3.45. The molecule has 0 aliphatic rings. The van der Waals surface area contributed by atoms with Crippen LogP contribution in [0.4, 0.5) is 0 Å². The number of rotatable bonds is 6. The van der Waals surface area contributed by atoms with E-state index in [0.717, 1.165) is 22.7 Å². The second kappa shape index (κ2) is 6.47. The third-order valence-corrected chi connectivity index (χ3v) is 3.64. The summed E-state index contributed by atoms with van der Waals surface area (Å²) in [7, 11) is 0. The Morgan fingerprint density at radius 3 is 2.71 bits per heavy atom. The van der Waals surface area contributed by atoms with E-state index < -0.39 is 6.04 Å². The van der Waals surface area contributed by atoms with E-state index in [1.807, 2.05) is 30.0 Å². The molecule has 1 unspecified atom stereocenters. The third kappa shape index (κ3) is 2.77. The molecule has 0 saturated heterocycles.